The average Bonchev–Trinajstić information content (AvgIpc) is 3.23. The third kappa shape index (κ3) is 5.11. The molecule has 1 heterocycles. The number of piperazine rings is 1. The first-order valence-corrected chi connectivity index (χ1v) is 10.5. The third-order valence-corrected chi connectivity index (χ3v) is 6.01. The van der Waals surface area contributed by atoms with Crippen LogP contribution in [0.15, 0.2) is 24.3 Å². The molecule has 1 N–H and O–H groups in total. The second-order valence-electron chi connectivity index (χ2n) is 7.97. The van der Waals surface area contributed by atoms with Crippen molar-refractivity contribution in [3.8, 4) is 0 Å². The van der Waals surface area contributed by atoms with Gasteiger partial charge in [0.2, 0.25) is 5.91 Å². The molecule has 2 amide bonds. The fourth-order valence-corrected chi connectivity index (χ4v) is 4.41. The van der Waals surface area contributed by atoms with Gasteiger partial charge in [0.15, 0.2) is 0 Å². The van der Waals surface area contributed by atoms with Crippen molar-refractivity contribution in [1.29, 1.82) is 0 Å². The summed E-state index contributed by atoms with van der Waals surface area (Å²) >= 11 is 0. The predicted molar refractivity (Wildman–Crippen MR) is 109 cm³/mol. The van der Waals surface area contributed by atoms with Crippen molar-refractivity contribution >= 4 is 11.8 Å². The monoisotopic (exact) mass is 387 g/mol. The number of amides is 2. The van der Waals surface area contributed by atoms with Crippen LogP contribution in [0.4, 0.5) is 0 Å². The lowest BCUT2D eigenvalue weighted by molar-refractivity contribution is -0.129. The summed E-state index contributed by atoms with van der Waals surface area (Å²) in [5.74, 6) is 0.616. The predicted octanol–water partition coefficient (Wildman–Crippen LogP) is 2.07. The molecular weight excluding hydrogens is 354 g/mol. The Bertz CT molecular complexity index is 647. The summed E-state index contributed by atoms with van der Waals surface area (Å²) in [6.45, 7) is 5.93. The minimum absolute atomic E-state index is 0.0848. The second-order valence-corrected chi connectivity index (χ2v) is 7.97. The maximum absolute atomic E-state index is 12.9. The minimum Gasteiger partial charge on any atom is -0.383 e. The molecule has 1 aromatic carbocycles. The van der Waals surface area contributed by atoms with E-state index in [4.69, 9.17) is 4.74 Å². The van der Waals surface area contributed by atoms with Crippen LogP contribution in [0.2, 0.25) is 0 Å². The highest BCUT2D eigenvalue weighted by atomic mass is 16.5. The number of carbonyl (C=O) groups is 2. The molecule has 0 radical (unpaired) electrons. The lowest BCUT2D eigenvalue weighted by Gasteiger charge is -2.40. The summed E-state index contributed by atoms with van der Waals surface area (Å²) in [4.78, 5) is 29.9. The summed E-state index contributed by atoms with van der Waals surface area (Å²) in [6.07, 6.45) is 4.65. The van der Waals surface area contributed by atoms with E-state index in [1.54, 1.807) is 7.11 Å². The van der Waals surface area contributed by atoms with E-state index < -0.39 is 0 Å². The maximum atomic E-state index is 12.9. The molecule has 0 bridgehead atoms. The molecule has 2 fully saturated rings. The molecule has 2 aliphatic rings. The highest BCUT2D eigenvalue weighted by Gasteiger charge is 2.37. The van der Waals surface area contributed by atoms with Crippen LogP contribution in [-0.4, -0.2) is 74.1 Å². The molecule has 1 saturated carbocycles. The molecule has 154 valence electrons. The van der Waals surface area contributed by atoms with Crippen LogP contribution in [-0.2, 0) is 9.53 Å². The SMILES string of the molecule is COCCNC(=O)C(C1CCCC1)N1CCN(C(=O)c2ccc(C)cc2)CC1. The molecule has 1 unspecified atom stereocenters. The quantitative estimate of drug-likeness (QED) is 0.728. The van der Waals surface area contributed by atoms with E-state index in [9.17, 15) is 9.59 Å². The number of rotatable bonds is 7. The first kappa shape index (κ1) is 20.8. The van der Waals surface area contributed by atoms with Gasteiger partial charge < -0.3 is 15.0 Å². The number of hydrogen-bond acceptors (Lipinski definition) is 4. The summed E-state index contributed by atoms with van der Waals surface area (Å²) in [7, 11) is 1.64. The van der Waals surface area contributed by atoms with Crippen molar-refractivity contribution in [3.63, 3.8) is 0 Å². The van der Waals surface area contributed by atoms with Crippen molar-refractivity contribution in [2.24, 2.45) is 5.92 Å². The topological polar surface area (TPSA) is 61.9 Å². The molecular formula is C22H33N3O3. The normalized spacial score (nSPS) is 19.6. The first-order valence-electron chi connectivity index (χ1n) is 10.5. The van der Waals surface area contributed by atoms with Gasteiger partial charge in [0.05, 0.1) is 12.6 Å². The number of hydrogen-bond donors (Lipinski definition) is 1. The van der Waals surface area contributed by atoms with E-state index in [0.29, 0.717) is 32.2 Å². The maximum Gasteiger partial charge on any atom is 0.253 e. The van der Waals surface area contributed by atoms with Crippen LogP contribution in [0.25, 0.3) is 0 Å². The van der Waals surface area contributed by atoms with E-state index in [2.05, 4.69) is 10.2 Å². The van der Waals surface area contributed by atoms with Crippen LogP contribution in [0, 0.1) is 12.8 Å². The Morgan fingerprint density at radius 2 is 1.75 bits per heavy atom. The zero-order valence-corrected chi connectivity index (χ0v) is 17.2. The number of nitrogens with one attached hydrogen (secondary N) is 1. The fourth-order valence-electron chi connectivity index (χ4n) is 4.41. The molecule has 1 aliphatic carbocycles. The van der Waals surface area contributed by atoms with Crippen molar-refractivity contribution < 1.29 is 14.3 Å². The first-order chi connectivity index (χ1) is 13.6. The Kier molecular flexibility index (Phi) is 7.45. The van der Waals surface area contributed by atoms with E-state index in [1.807, 2.05) is 36.1 Å². The lowest BCUT2D eigenvalue weighted by atomic mass is 9.95. The summed E-state index contributed by atoms with van der Waals surface area (Å²) < 4.78 is 5.06. The van der Waals surface area contributed by atoms with Gasteiger partial charge in [-0.25, -0.2) is 0 Å². The fraction of sp³-hybridized carbons (Fsp3) is 0.636. The standard InChI is InChI=1S/C22H33N3O3/c1-17-7-9-19(10-8-17)22(27)25-14-12-24(13-15-25)20(18-5-3-4-6-18)21(26)23-11-16-28-2/h7-10,18,20H,3-6,11-16H2,1-2H3,(H,23,26). The van der Waals surface area contributed by atoms with Crippen LogP contribution in [0.3, 0.4) is 0 Å². The van der Waals surface area contributed by atoms with Crippen LogP contribution < -0.4 is 5.32 Å². The number of benzene rings is 1. The van der Waals surface area contributed by atoms with Gasteiger partial charge in [0.1, 0.15) is 0 Å². The molecule has 6 heteroatoms. The van der Waals surface area contributed by atoms with Crippen LogP contribution >= 0.6 is 0 Å². The highest BCUT2D eigenvalue weighted by Crippen LogP contribution is 2.31. The van der Waals surface area contributed by atoms with Crippen molar-refractivity contribution in [2.75, 3.05) is 46.4 Å². The van der Waals surface area contributed by atoms with Gasteiger partial charge in [0, 0.05) is 45.4 Å². The summed E-state index contributed by atoms with van der Waals surface area (Å²) in [5.41, 5.74) is 1.89. The third-order valence-electron chi connectivity index (χ3n) is 6.01. The van der Waals surface area contributed by atoms with Gasteiger partial charge >= 0.3 is 0 Å². The Labute approximate surface area is 168 Å². The molecule has 1 aromatic rings. The van der Waals surface area contributed by atoms with E-state index in [1.165, 1.54) is 12.8 Å². The van der Waals surface area contributed by atoms with Crippen molar-refractivity contribution in [3.05, 3.63) is 35.4 Å². The molecule has 28 heavy (non-hydrogen) atoms. The van der Waals surface area contributed by atoms with Gasteiger partial charge in [0.25, 0.3) is 5.91 Å². The summed E-state index contributed by atoms with van der Waals surface area (Å²) in [6, 6.07) is 7.66. The minimum atomic E-state index is -0.0871. The molecule has 0 aromatic heterocycles. The molecule has 0 spiro atoms. The van der Waals surface area contributed by atoms with Gasteiger partial charge in [-0.05, 0) is 37.8 Å². The Hall–Kier alpha value is -1.92. The largest absolute Gasteiger partial charge is 0.383 e. The second kappa shape index (κ2) is 10.0. The van der Waals surface area contributed by atoms with Crippen molar-refractivity contribution in [2.45, 2.75) is 38.6 Å². The number of ether oxygens (including phenoxy) is 1. The Morgan fingerprint density at radius 1 is 1.11 bits per heavy atom. The van der Waals surface area contributed by atoms with Gasteiger partial charge in [-0.2, -0.15) is 0 Å². The smallest absolute Gasteiger partial charge is 0.253 e. The van der Waals surface area contributed by atoms with E-state index >= 15 is 0 Å². The van der Waals surface area contributed by atoms with E-state index in [0.717, 1.165) is 37.1 Å². The lowest BCUT2D eigenvalue weighted by Crippen LogP contribution is -2.58. The van der Waals surface area contributed by atoms with Crippen LogP contribution in [0.5, 0.6) is 0 Å². The molecule has 6 nitrogen and oxygen atoms in total. The Morgan fingerprint density at radius 3 is 2.36 bits per heavy atom. The summed E-state index contributed by atoms with van der Waals surface area (Å²) in [5, 5.41) is 3.04. The van der Waals surface area contributed by atoms with E-state index in [-0.39, 0.29) is 17.9 Å². The van der Waals surface area contributed by atoms with Gasteiger partial charge in [-0.1, -0.05) is 30.5 Å². The zero-order valence-electron chi connectivity index (χ0n) is 17.2. The van der Waals surface area contributed by atoms with Gasteiger partial charge in [-0.3, -0.25) is 14.5 Å². The molecule has 1 atom stereocenters. The highest BCUT2D eigenvalue weighted by molar-refractivity contribution is 5.94. The van der Waals surface area contributed by atoms with Crippen molar-refractivity contribution in [1.82, 2.24) is 15.1 Å². The number of nitrogens with zero attached hydrogens (tertiary/aromatic N) is 2. The average molecular weight is 388 g/mol. The van der Waals surface area contributed by atoms with Crippen LogP contribution in [0.1, 0.15) is 41.6 Å². The zero-order chi connectivity index (χ0) is 19.9. The number of carbonyl (C=O) groups excluding carboxylic acids is 2. The van der Waals surface area contributed by atoms with Gasteiger partial charge in [-0.15, -0.1) is 0 Å². The number of aryl methyl sites for hydroxylation is 1. The molecule has 1 saturated heterocycles. The Balaban J connectivity index is 1.60. The molecule has 3 rings (SSSR count). The number of methoxy groups -OCH3 is 1. The molecule has 1 aliphatic heterocycles.